The third-order valence-corrected chi connectivity index (χ3v) is 5.84. The number of aryl methyl sites for hydroxylation is 3. The smallest absolute Gasteiger partial charge is 0.0739 e. The number of halogens is 1. The van der Waals surface area contributed by atoms with Crippen molar-refractivity contribution in [3.8, 4) is 0 Å². The third kappa shape index (κ3) is 3.19. The first-order valence-electron chi connectivity index (χ1n) is 9.40. The average molecular weight is 365 g/mol. The number of likely N-dealkylation sites (tertiary alicyclic amines) is 1. The van der Waals surface area contributed by atoms with Crippen molar-refractivity contribution in [2.75, 3.05) is 13.1 Å². The molecular formula is C23H25ClN2. The molecule has 0 saturated carbocycles. The minimum atomic E-state index is 0.820. The molecule has 3 heteroatoms. The summed E-state index contributed by atoms with van der Waals surface area (Å²) in [5.41, 5.74) is 10.5. The van der Waals surface area contributed by atoms with E-state index >= 15 is 0 Å². The van der Waals surface area contributed by atoms with Gasteiger partial charge in [-0.15, -0.1) is 0 Å². The molecule has 134 valence electrons. The number of piperidine rings is 1. The predicted octanol–water partition coefficient (Wildman–Crippen LogP) is 5.57. The zero-order valence-corrected chi connectivity index (χ0v) is 16.4. The molecule has 1 saturated heterocycles. The molecule has 1 aliphatic carbocycles. The molecular weight excluding hydrogens is 340 g/mol. The molecule has 0 radical (unpaired) electrons. The SMILES string of the molecule is C=C(C)N1CCC(=C2c3ccc(Cl)cc3CCc3cc(C)cnc32)CC1. The number of fused-ring (bicyclic) bond motifs is 2. The normalized spacial score (nSPS) is 16.8. The van der Waals surface area contributed by atoms with E-state index in [2.05, 4.69) is 43.5 Å². The average Bonchev–Trinajstić information content (AvgIpc) is 2.78. The summed E-state index contributed by atoms with van der Waals surface area (Å²) in [6, 6.07) is 8.66. The van der Waals surface area contributed by atoms with Gasteiger partial charge in [0.05, 0.1) is 5.69 Å². The van der Waals surface area contributed by atoms with Crippen LogP contribution in [-0.4, -0.2) is 23.0 Å². The van der Waals surface area contributed by atoms with E-state index in [1.54, 1.807) is 0 Å². The number of benzene rings is 1. The molecule has 1 aliphatic heterocycles. The number of hydrogen-bond donors (Lipinski definition) is 0. The maximum atomic E-state index is 6.31. The van der Waals surface area contributed by atoms with Gasteiger partial charge in [-0.1, -0.05) is 35.9 Å². The monoisotopic (exact) mass is 364 g/mol. The molecule has 0 N–H and O–H groups in total. The Morgan fingerprint density at radius 2 is 1.81 bits per heavy atom. The second-order valence-electron chi connectivity index (χ2n) is 7.52. The van der Waals surface area contributed by atoms with E-state index in [0.29, 0.717) is 0 Å². The predicted molar refractivity (Wildman–Crippen MR) is 109 cm³/mol. The molecule has 1 fully saturated rings. The van der Waals surface area contributed by atoms with E-state index in [4.69, 9.17) is 16.6 Å². The molecule has 0 atom stereocenters. The first kappa shape index (κ1) is 17.4. The molecule has 26 heavy (non-hydrogen) atoms. The van der Waals surface area contributed by atoms with Gasteiger partial charge in [0.15, 0.2) is 0 Å². The van der Waals surface area contributed by atoms with Crippen LogP contribution in [0.5, 0.6) is 0 Å². The third-order valence-electron chi connectivity index (χ3n) is 5.60. The maximum Gasteiger partial charge on any atom is 0.0739 e. The molecule has 2 nitrogen and oxygen atoms in total. The van der Waals surface area contributed by atoms with Crippen LogP contribution in [0.2, 0.25) is 5.02 Å². The Balaban J connectivity index is 1.87. The van der Waals surface area contributed by atoms with Crippen molar-refractivity contribution in [1.82, 2.24) is 9.88 Å². The van der Waals surface area contributed by atoms with Gasteiger partial charge in [0.25, 0.3) is 0 Å². The summed E-state index contributed by atoms with van der Waals surface area (Å²) < 4.78 is 0. The minimum Gasteiger partial charge on any atom is -0.375 e. The Morgan fingerprint density at radius 1 is 1.08 bits per heavy atom. The lowest BCUT2D eigenvalue weighted by molar-refractivity contribution is 0.324. The fourth-order valence-corrected chi connectivity index (χ4v) is 4.42. The molecule has 2 aromatic rings. The quantitative estimate of drug-likeness (QED) is 0.657. The second-order valence-corrected chi connectivity index (χ2v) is 7.96. The number of pyridine rings is 1. The summed E-state index contributed by atoms with van der Waals surface area (Å²) in [4.78, 5) is 7.27. The first-order chi connectivity index (χ1) is 12.5. The fourth-order valence-electron chi connectivity index (χ4n) is 4.22. The van der Waals surface area contributed by atoms with Crippen LogP contribution in [0.4, 0.5) is 0 Å². The van der Waals surface area contributed by atoms with Gasteiger partial charge in [0, 0.05) is 35.6 Å². The van der Waals surface area contributed by atoms with Gasteiger partial charge in [-0.25, -0.2) is 0 Å². The van der Waals surface area contributed by atoms with Crippen LogP contribution in [0, 0.1) is 6.92 Å². The van der Waals surface area contributed by atoms with Crippen LogP contribution in [0.1, 0.15) is 47.7 Å². The van der Waals surface area contributed by atoms with Gasteiger partial charge < -0.3 is 4.90 Å². The second kappa shape index (κ2) is 6.92. The van der Waals surface area contributed by atoms with E-state index in [1.165, 1.54) is 39.1 Å². The van der Waals surface area contributed by atoms with Crippen LogP contribution in [-0.2, 0) is 12.8 Å². The van der Waals surface area contributed by atoms with Crippen LogP contribution in [0.25, 0.3) is 5.57 Å². The van der Waals surface area contributed by atoms with Crippen molar-refractivity contribution in [2.45, 2.75) is 39.5 Å². The number of rotatable bonds is 1. The molecule has 0 spiro atoms. The molecule has 0 amide bonds. The van der Waals surface area contributed by atoms with Gasteiger partial charge in [-0.3, -0.25) is 4.98 Å². The molecule has 1 aromatic heterocycles. The Kier molecular flexibility index (Phi) is 4.62. The van der Waals surface area contributed by atoms with Gasteiger partial charge in [-0.2, -0.15) is 0 Å². The van der Waals surface area contributed by atoms with Crippen molar-refractivity contribution < 1.29 is 0 Å². The zero-order chi connectivity index (χ0) is 18.3. The highest BCUT2D eigenvalue weighted by molar-refractivity contribution is 6.30. The van der Waals surface area contributed by atoms with Gasteiger partial charge in [0.1, 0.15) is 0 Å². The van der Waals surface area contributed by atoms with E-state index in [9.17, 15) is 0 Å². The molecule has 0 bridgehead atoms. The first-order valence-corrected chi connectivity index (χ1v) is 9.78. The van der Waals surface area contributed by atoms with Crippen molar-refractivity contribution in [1.29, 1.82) is 0 Å². The van der Waals surface area contributed by atoms with Crippen LogP contribution < -0.4 is 0 Å². The zero-order valence-electron chi connectivity index (χ0n) is 15.6. The summed E-state index contributed by atoms with van der Waals surface area (Å²) >= 11 is 6.31. The molecule has 1 aromatic carbocycles. The standard InChI is InChI=1S/C23H25ClN2/c1-15(2)26-10-8-17(9-11-26)22-21-7-6-20(24)13-18(21)4-5-19-12-16(3)14-25-23(19)22/h6-7,12-14H,1,4-5,8-11H2,2-3H3. The van der Waals surface area contributed by atoms with Crippen LogP contribution in [0.15, 0.2) is 48.3 Å². The summed E-state index contributed by atoms with van der Waals surface area (Å²) in [6.07, 6.45) is 6.18. The van der Waals surface area contributed by atoms with Crippen LogP contribution >= 0.6 is 11.6 Å². The van der Waals surface area contributed by atoms with Gasteiger partial charge in [-0.05, 0) is 73.9 Å². The number of nitrogens with zero attached hydrogens (tertiary/aromatic N) is 2. The highest BCUT2D eigenvalue weighted by Gasteiger charge is 2.25. The summed E-state index contributed by atoms with van der Waals surface area (Å²) in [5, 5.41) is 0.820. The summed E-state index contributed by atoms with van der Waals surface area (Å²) in [5.74, 6) is 0. The largest absolute Gasteiger partial charge is 0.375 e. The topological polar surface area (TPSA) is 16.1 Å². The Labute approximate surface area is 161 Å². The fraction of sp³-hybridized carbons (Fsp3) is 0.348. The molecule has 2 aliphatic rings. The molecule has 2 heterocycles. The van der Waals surface area contributed by atoms with Crippen molar-refractivity contribution in [3.05, 3.63) is 81.3 Å². The van der Waals surface area contributed by atoms with E-state index in [-0.39, 0.29) is 0 Å². The van der Waals surface area contributed by atoms with E-state index in [1.807, 2.05) is 12.3 Å². The Morgan fingerprint density at radius 3 is 2.54 bits per heavy atom. The summed E-state index contributed by atoms with van der Waals surface area (Å²) in [6.45, 7) is 10.4. The summed E-state index contributed by atoms with van der Waals surface area (Å²) in [7, 11) is 0. The van der Waals surface area contributed by atoms with Crippen molar-refractivity contribution in [2.24, 2.45) is 0 Å². The number of allylic oxidation sites excluding steroid dienone is 1. The van der Waals surface area contributed by atoms with Gasteiger partial charge in [0.2, 0.25) is 0 Å². The lowest BCUT2D eigenvalue weighted by atomic mass is 9.88. The highest BCUT2D eigenvalue weighted by Crippen LogP contribution is 2.38. The van der Waals surface area contributed by atoms with Crippen LogP contribution in [0.3, 0.4) is 0 Å². The lowest BCUT2D eigenvalue weighted by Crippen LogP contribution is -2.29. The highest BCUT2D eigenvalue weighted by atomic mass is 35.5. The Hall–Kier alpha value is -2.06. The number of hydrogen-bond acceptors (Lipinski definition) is 2. The minimum absolute atomic E-state index is 0.820. The van der Waals surface area contributed by atoms with Crippen molar-refractivity contribution >= 4 is 17.2 Å². The molecule has 4 rings (SSSR count). The molecule has 0 unspecified atom stereocenters. The Bertz CT molecular complexity index is 845. The van der Waals surface area contributed by atoms with Gasteiger partial charge >= 0.3 is 0 Å². The van der Waals surface area contributed by atoms with Crippen molar-refractivity contribution in [3.63, 3.8) is 0 Å². The number of aromatic nitrogens is 1. The van der Waals surface area contributed by atoms with E-state index < -0.39 is 0 Å². The lowest BCUT2D eigenvalue weighted by Gasteiger charge is -2.32. The maximum absolute atomic E-state index is 6.31. The van der Waals surface area contributed by atoms with E-state index in [0.717, 1.165) is 49.5 Å².